The van der Waals surface area contributed by atoms with Crippen molar-refractivity contribution in [1.29, 1.82) is 0 Å². The summed E-state index contributed by atoms with van der Waals surface area (Å²) in [6.07, 6.45) is 1.25. The van der Waals surface area contributed by atoms with Crippen LogP contribution in [0, 0.1) is 17.8 Å². The smallest absolute Gasteiger partial charge is 0.0465 e. The maximum atomic E-state index is 8.98. The van der Waals surface area contributed by atoms with Crippen molar-refractivity contribution in [3.8, 4) is 0 Å². The highest BCUT2D eigenvalue weighted by molar-refractivity contribution is 5.04. The number of rotatable bonds is 5. The third-order valence-electron chi connectivity index (χ3n) is 3.56. The first-order valence-electron chi connectivity index (χ1n) is 5.34. The fourth-order valence-corrected chi connectivity index (χ4v) is 2.67. The van der Waals surface area contributed by atoms with E-state index in [-0.39, 0.29) is 0 Å². The minimum atomic E-state index is 0.416. The van der Waals surface area contributed by atoms with Gasteiger partial charge in [0.2, 0.25) is 0 Å². The van der Waals surface area contributed by atoms with Gasteiger partial charge in [-0.1, -0.05) is 0 Å². The van der Waals surface area contributed by atoms with Crippen LogP contribution in [0.2, 0.25) is 0 Å². The summed E-state index contributed by atoms with van der Waals surface area (Å²) < 4.78 is 0. The van der Waals surface area contributed by atoms with Crippen molar-refractivity contribution < 1.29 is 5.11 Å². The zero-order chi connectivity index (χ0) is 9.26. The van der Waals surface area contributed by atoms with Crippen molar-refractivity contribution in [1.82, 2.24) is 10.2 Å². The van der Waals surface area contributed by atoms with Gasteiger partial charge in [0.05, 0.1) is 0 Å². The molecule has 0 aromatic carbocycles. The number of piperidine rings is 1. The molecular weight excluding hydrogens is 164 g/mol. The molecule has 1 aliphatic heterocycles. The molecule has 2 N–H and O–H groups in total. The normalized spacial score (nSPS) is 37.8. The van der Waals surface area contributed by atoms with Crippen LogP contribution < -0.4 is 5.32 Å². The van der Waals surface area contributed by atoms with Crippen molar-refractivity contribution in [3.05, 3.63) is 0 Å². The van der Waals surface area contributed by atoms with Crippen molar-refractivity contribution in [3.63, 3.8) is 0 Å². The van der Waals surface area contributed by atoms with Gasteiger partial charge in [-0.05, 0) is 44.3 Å². The summed E-state index contributed by atoms with van der Waals surface area (Å²) in [4.78, 5) is 2.54. The molecule has 13 heavy (non-hydrogen) atoms. The van der Waals surface area contributed by atoms with Crippen LogP contribution in [0.1, 0.15) is 6.42 Å². The quantitative estimate of drug-likeness (QED) is 0.579. The predicted molar refractivity (Wildman–Crippen MR) is 52.5 cm³/mol. The van der Waals surface area contributed by atoms with Crippen molar-refractivity contribution >= 4 is 0 Å². The Morgan fingerprint density at radius 1 is 1.38 bits per heavy atom. The minimum Gasteiger partial charge on any atom is -0.396 e. The summed E-state index contributed by atoms with van der Waals surface area (Å²) >= 11 is 0. The molecule has 0 radical (unpaired) electrons. The van der Waals surface area contributed by atoms with Gasteiger partial charge in [0.15, 0.2) is 0 Å². The average molecular weight is 184 g/mol. The molecule has 2 rings (SSSR count). The van der Waals surface area contributed by atoms with Crippen LogP contribution in [-0.4, -0.2) is 49.8 Å². The molecule has 0 spiro atoms. The van der Waals surface area contributed by atoms with E-state index in [0.717, 1.165) is 18.4 Å². The fraction of sp³-hybridized carbons (Fsp3) is 1.00. The molecule has 2 atom stereocenters. The Kier molecular flexibility index (Phi) is 2.86. The van der Waals surface area contributed by atoms with Crippen LogP contribution in [0.3, 0.4) is 0 Å². The summed E-state index contributed by atoms with van der Waals surface area (Å²) in [6, 6.07) is 0. The van der Waals surface area contributed by atoms with Gasteiger partial charge >= 0.3 is 0 Å². The van der Waals surface area contributed by atoms with Gasteiger partial charge in [0.25, 0.3) is 0 Å². The lowest BCUT2D eigenvalue weighted by Gasteiger charge is -2.18. The van der Waals surface area contributed by atoms with Gasteiger partial charge in [-0.25, -0.2) is 0 Å². The Morgan fingerprint density at radius 2 is 2.08 bits per heavy atom. The molecule has 0 aromatic rings. The molecular formula is C10H20N2O. The topological polar surface area (TPSA) is 35.5 Å². The fourth-order valence-electron chi connectivity index (χ4n) is 2.67. The van der Waals surface area contributed by atoms with E-state index in [1.165, 1.54) is 26.1 Å². The third-order valence-corrected chi connectivity index (χ3v) is 3.56. The highest BCUT2D eigenvalue weighted by Crippen LogP contribution is 2.51. The Morgan fingerprint density at radius 3 is 2.62 bits per heavy atom. The molecule has 2 unspecified atom stereocenters. The van der Waals surface area contributed by atoms with Gasteiger partial charge in [-0.3, -0.25) is 0 Å². The zero-order valence-corrected chi connectivity index (χ0v) is 8.37. The van der Waals surface area contributed by atoms with E-state index in [9.17, 15) is 0 Å². The first kappa shape index (κ1) is 9.44. The number of likely N-dealkylation sites (tertiary alicyclic amines) is 1. The SMILES string of the molecule is CNCCCN1CC2C(CO)C2C1. The lowest BCUT2D eigenvalue weighted by atomic mass is 10.2. The van der Waals surface area contributed by atoms with Crippen LogP contribution in [-0.2, 0) is 0 Å². The lowest BCUT2D eigenvalue weighted by molar-refractivity contribution is 0.220. The number of hydrogen-bond donors (Lipinski definition) is 2. The molecule has 1 aliphatic carbocycles. The molecule has 76 valence electrons. The summed E-state index contributed by atoms with van der Waals surface area (Å²) in [7, 11) is 2.00. The van der Waals surface area contributed by atoms with Gasteiger partial charge in [-0.15, -0.1) is 0 Å². The Hall–Kier alpha value is -0.120. The number of aliphatic hydroxyl groups is 1. The molecule has 1 saturated heterocycles. The molecule has 2 fully saturated rings. The van der Waals surface area contributed by atoms with Crippen LogP contribution >= 0.6 is 0 Å². The highest BCUT2D eigenvalue weighted by Gasteiger charge is 2.54. The lowest BCUT2D eigenvalue weighted by Crippen LogP contribution is -2.28. The first-order chi connectivity index (χ1) is 6.36. The van der Waals surface area contributed by atoms with Crippen LogP contribution in [0.25, 0.3) is 0 Å². The predicted octanol–water partition coefficient (Wildman–Crippen LogP) is -0.234. The van der Waals surface area contributed by atoms with Crippen LogP contribution in [0.15, 0.2) is 0 Å². The van der Waals surface area contributed by atoms with Gasteiger partial charge in [-0.2, -0.15) is 0 Å². The van der Waals surface area contributed by atoms with Gasteiger partial charge in [0.1, 0.15) is 0 Å². The summed E-state index contributed by atoms with van der Waals surface area (Å²) in [5, 5.41) is 12.2. The molecule has 1 saturated carbocycles. The second kappa shape index (κ2) is 3.95. The standard InChI is InChI=1S/C10H20N2O/c1-11-3-2-4-12-5-8-9(6-12)10(8)7-13/h8-11,13H,2-7H2,1H3. The van der Waals surface area contributed by atoms with E-state index >= 15 is 0 Å². The van der Waals surface area contributed by atoms with E-state index in [0.29, 0.717) is 12.5 Å². The van der Waals surface area contributed by atoms with Crippen molar-refractivity contribution in [2.45, 2.75) is 6.42 Å². The average Bonchev–Trinajstić information content (AvgIpc) is 2.61. The van der Waals surface area contributed by atoms with E-state index in [1.807, 2.05) is 7.05 Å². The summed E-state index contributed by atoms with van der Waals surface area (Å²) in [5.74, 6) is 2.32. The maximum absolute atomic E-state index is 8.98. The van der Waals surface area contributed by atoms with Gasteiger partial charge in [0, 0.05) is 19.7 Å². The second-order valence-corrected chi connectivity index (χ2v) is 4.39. The van der Waals surface area contributed by atoms with Crippen LogP contribution in [0.4, 0.5) is 0 Å². The van der Waals surface area contributed by atoms with E-state index in [1.54, 1.807) is 0 Å². The van der Waals surface area contributed by atoms with E-state index in [2.05, 4.69) is 10.2 Å². The molecule has 0 bridgehead atoms. The Balaban J connectivity index is 1.61. The van der Waals surface area contributed by atoms with E-state index < -0.39 is 0 Å². The van der Waals surface area contributed by atoms with Crippen LogP contribution in [0.5, 0.6) is 0 Å². The highest BCUT2D eigenvalue weighted by atomic mass is 16.3. The van der Waals surface area contributed by atoms with E-state index in [4.69, 9.17) is 5.11 Å². The summed E-state index contributed by atoms with van der Waals surface area (Å²) in [6.45, 7) is 5.24. The minimum absolute atomic E-state index is 0.416. The maximum Gasteiger partial charge on any atom is 0.0465 e. The second-order valence-electron chi connectivity index (χ2n) is 4.39. The molecule has 1 heterocycles. The number of nitrogens with one attached hydrogen (secondary N) is 1. The number of nitrogens with zero attached hydrogens (tertiary/aromatic N) is 1. The summed E-state index contributed by atoms with van der Waals surface area (Å²) in [5.41, 5.74) is 0. The zero-order valence-electron chi connectivity index (χ0n) is 8.37. The van der Waals surface area contributed by atoms with Gasteiger partial charge < -0.3 is 15.3 Å². The third kappa shape index (κ3) is 1.87. The number of aliphatic hydroxyl groups excluding tert-OH is 1. The number of hydrogen-bond acceptors (Lipinski definition) is 3. The van der Waals surface area contributed by atoms with Crippen molar-refractivity contribution in [2.75, 3.05) is 39.8 Å². The Labute approximate surface area is 80.1 Å². The van der Waals surface area contributed by atoms with Crippen molar-refractivity contribution in [2.24, 2.45) is 17.8 Å². The number of fused-ring (bicyclic) bond motifs is 1. The molecule has 3 nitrogen and oxygen atoms in total. The monoisotopic (exact) mass is 184 g/mol. The first-order valence-corrected chi connectivity index (χ1v) is 5.34. The molecule has 0 aromatic heterocycles. The molecule has 2 aliphatic rings. The molecule has 0 amide bonds. The molecule has 3 heteroatoms. The Bertz CT molecular complexity index is 162. The largest absolute Gasteiger partial charge is 0.396 e.